The van der Waals surface area contributed by atoms with Crippen LogP contribution in [0.2, 0.25) is 0 Å². The molecule has 0 radical (unpaired) electrons. The van der Waals surface area contributed by atoms with Crippen LogP contribution in [0.5, 0.6) is 0 Å². The Kier molecular flexibility index (Phi) is 21.5. The molecule has 46 heavy (non-hydrogen) atoms. The van der Waals surface area contributed by atoms with Crippen LogP contribution in [0.15, 0.2) is 0 Å². The van der Waals surface area contributed by atoms with E-state index in [1.54, 1.807) is 13.8 Å². The predicted molar refractivity (Wildman–Crippen MR) is 165 cm³/mol. The molecule has 0 aliphatic carbocycles. The third-order valence-electron chi connectivity index (χ3n) is 5.77. The third kappa shape index (κ3) is 25.5. The van der Waals surface area contributed by atoms with Crippen LogP contribution in [0.25, 0.3) is 0 Å². The molecule has 0 heterocycles. The Morgan fingerprint density at radius 3 is 1.20 bits per heavy atom. The zero-order valence-corrected chi connectivity index (χ0v) is 28.9. The molecular formula is C25H50N6O13P2. The van der Waals surface area contributed by atoms with Crippen LogP contribution in [0, 0.1) is 0 Å². The first-order valence-electron chi connectivity index (χ1n) is 14.6. The van der Waals surface area contributed by atoms with Gasteiger partial charge in [0.2, 0.25) is 23.6 Å². The van der Waals surface area contributed by atoms with Gasteiger partial charge in [0.1, 0.15) is 0 Å². The molecule has 0 aliphatic heterocycles. The fourth-order valence-corrected chi connectivity index (χ4v) is 5.40. The highest BCUT2D eigenvalue weighted by atomic mass is 31.2. The molecule has 0 saturated heterocycles. The molecule has 0 spiro atoms. The van der Waals surface area contributed by atoms with Crippen molar-refractivity contribution in [3.63, 3.8) is 0 Å². The monoisotopic (exact) mass is 704 g/mol. The lowest BCUT2D eigenvalue weighted by Gasteiger charge is -2.22. The second-order valence-electron chi connectivity index (χ2n) is 10.5. The predicted octanol–water partition coefficient (Wildman–Crippen LogP) is 0.172. The SMILES string of the molecule is CC(=O)NC(C)CC[C@H](COP(=O)(O)OCCNC(=O)NCCOP(=O)(O)OC[C@@H](CCC(C)NC(C)=O)NC(C)=O)NC(C)=O. The maximum absolute atomic E-state index is 12.2. The average Bonchev–Trinajstić information content (AvgIpc) is 2.91. The number of rotatable bonds is 24. The Labute approximate surface area is 269 Å². The molecule has 0 aromatic carbocycles. The molecule has 0 saturated carbocycles. The van der Waals surface area contributed by atoms with E-state index in [9.17, 15) is 42.9 Å². The summed E-state index contributed by atoms with van der Waals surface area (Å²) in [6, 6.07) is -2.34. The molecule has 19 nitrogen and oxygen atoms in total. The van der Waals surface area contributed by atoms with Crippen molar-refractivity contribution in [2.24, 2.45) is 0 Å². The largest absolute Gasteiger partial charge is 0.472 e. The van der Waals surface area contributed by atoms with Crippen molar-refractivity contribution in [3.8, 4) is 0 Å². The zero-order valence-electron chi connectivity index (χ0n) is 27.2. The molecule has 0 fully saturated rings. The van der Waals surface area contributed by atoms with Gasteiger partial charge < -0.3 is 41.7 Å². The summed E-state index contributed by atoms with van der Waals surface area (Å²) in [7, 11) is -9.05. The Bertz CT molecular complexity index is 1000. The summed E-state index contributed by atoms with van der Waals surface area (Å²) >= 11 is 0. The quantitative estimate of drug-likeness (QED) is 0.0493. The molecule has 0 bridgehead atoms. The smallest absolute Gasteiger partial charge is 0.354 e. The van der Waals surface area contributed by atoms with E-state index in [0.29, 0.717) is 25.7 Å². The lowest BCUT2D eigenvalue weighted by Crippen LogP contribution is -2.39. The molecule has 0 aliphatic rings. The van der Waals surface area contributed by atoms with Crippen LogP contribution in [0.1, 0.15) is 67.2 Å². The maximum atomic E-state index is 12.2. The van der Waals surface area contributed by atoms with Crippen molar-refractivity contribution in [2.45, 2.75) is 91.4 Å². The number of amides is 6. The molecule has 0 aromatic heterocycles. The van der Waals surface area contributed by atoms with E-state index in [4.69, 9.17) is 18.1 Å². The molecule has 6 amide bonds. The first-order valence-corrected chi connectivity index (χ1v) is 17.6. The highest BCUT2D eigenvalue weighted by molar-refractivity contribution is 7.47. The molecule has 0 aromatic rings. The highest BCUT2D eigenvalue weighted by Gasteiger charge is 2.25. The second kappa shape index (κ2) is 22.8. The van der Waals surface area contributed by atoms with Gasteiger partial charge in [0.05, 0.1) is 38.5 Å². The number of urea groups is 1. The Morgan fingerprint density at radius 1 is 0.565 bits per heavy atom. The number of phosphoric ester groups is 2. The van der Waals surface area contributed by atoms with Crippen LogP contribution < -0.4 is 31.9 Å². The Hall–Kier alpha value is -2.63. The van der Waals surface area contributed by atoms with E-state index >= 15 is 0 Å². The van der Waals surface area contributed by atoms with Gasteiger partial charge in [-0.05, 0) is 39.5 Å². The fourth-order valence-electron chi connectivity index (χ4n) is 3.87. The summed E-state index contributed by atoms with van der Waals surface area (Å²) in [5.74, 6) is -1.17. The minimum absolute atomic E-state index is 0.187. The van der Waals surface area contributed by atoms with Gasteiger partial charge in [-0.2, -0.15) is 0 Å². The lowest BCUT2D eigenvalue weighted by molar-refractivity contribution is -0.121. The summed E-state index contributed by atoms with van der Waals surface area (Å²) in [6.45, 7) is 7.00. The Morgan fingerprint density at radius 2 is 0.891 bits per heavy atom. The number of hydrogen-bond acceptors (Lipinski definition) is 11. The number of carbonyl (C=O) groups excluding carboxylic acids is 5. The van der Waals surface area contributed by atoms with Gasteiger partial charge in [-0.25, -0.2) is 13.9 Å². The Balaban J connectivity index is 4.39. The highest BCUT2D eigenvalue weighted by Crippen LogP contribution is 2.43. The molecule has 21 heteroatoms. The summed E-state index contributed by atoms with van der Waals surface area (Å²) in [5.41, 5.74) is 0. The van der Waals surface area contributed by atoms with Crippen molar-refractivity contribution in [3.05, 3.63) is 0 Å². The molecule has 4 unspecified atom stereocenters. The third-order valence-corrected chi connectivity index (χ3v) is 7.74. The molecule has 268 valence electrons. The number of phosphoric acid groups is 2. The van der Waals surface area contributed by atoms with Gasteiger partial charge in [-0.15, -0.1) is 0 Å². The van der Waals surface area contributed by atoms with Crippen LogP contribution in [-0.2, 0) is 46.4 Å². The van der Waals surface area contributed by atoms with Gasteiger partial charge in [0.25, 0.3) is 0 Å². The molecule has 0 rings (SSSR count). The van der Waals surface area contributed by atoms with Crippen LogP contribution >= 0.6 is 15.6 Å². The van der Waals surface area contributed by atoms with Gasteiger partial charge in [-0.3, -0.25) is 37.3 Å². The van der Waals surface area contributed by atoms with Gasteiger partial charge in [-0.1, -0.05) is 0 Å². The topological polar surface area (TPSA) is 269 Å². The normalized spacial score (nSPS) is 16.3. The lowest BCUT2D eigenvalue weighted by atomic mass is 10.1. The first kappa shape index (κ1) is 43.4. The average molecular weight is 705 g/mol. The van der Waals surface area contributed by atoms with Crippen molar-refractivity contribution in [1.29, 1.82) is 0 Å². The van der Waals surface area contributed by atoms with Crippen molar-refractivity contribution >= 4 is 45.3 Å². The summed E-state index contributed by atoms with van der Waals surface area (Å²) in [5, 5.41) is 15.3. The van der Waals surface area contributed by atoms with E-state index in [0.717, 1.165) is 0 Å². The van der Waals surface area contributed by atoms with Crippen LogP contribution in [0.3, 0.4) is 0 Å². The van der Waals surface area contributed by atoms with Crippen LogP contribution in [0.4, 0.5) is 4.79 Å². The summed E-state index contributed by atoms with van der Waals surface area (Å²) < 4.78 is 43.9. The first-order chi connectivity index (χ1) is 21.3. The van der Waals surface area contributed by atoms with Crippen LogP contribution in [-0.4, -0.2) is 103 Å². The van der Waals surface area contributed by atoms with Gasteiger partial charge in [0.15, 0.2) is 0 Å². The number of carbonyl (C=O) groups is 5. The second-order valence-corrected chi connectivity index (χ2v) is 13.4. The standard InChI is InChI=1S/C25H50N6O13P2/c1-17(28-19(3)32)7-9-23(30-21(5)34)15-43-45(37,38)41-13-11-26-25(36)27-12-14-42-46(39,40)44-16-24(31-22(6)35)10-8-18(2)29-20(4)33/h17-18,23-24H,7-16H2,1-6H3,(H,28,32)(H,29,33)(H,30,34)(H,31,35)(H,37,38)(H,39,40)(H2,26,27,36)/t17?,18?,23-,24-/m1/s1. The summed E-state index contributed by atoms with van der Waals surface area (Å²) in [4.78, 5) is 77.0. The minimum Gasteiger partial charge on any atom is -0.354 e. The van der Waals surface area contributed by atoms with E-state index in [2.05, 4.69) is 31.9 Å². The van der Waals surface area contributed by atoms with E-state index in [-0.39, 0.29) is 62.0 Å². The number of hydrogen-bond donors (Lipinski definition) is 8. The van der Waals surface area contributed by atoms with Gasteiger partial charge in [0, 0.05) is 52.9 Å². The van der Waals surface area contributed by atoms with E-state index < -0.39 is 47.0 Å². The van der Waals surface area contributed by atoms with E-state index in [1.165, 1.54) is 27.7 Å². The zero-order chi connectivity index (χ0) is 35.3. The number of nitrogens with one attached hydrogen (secondary N) is 6. The minimum atomic E-state index is -4.53. The molecule has 6 atom stereocenters. The van der Waals surface area contributed by atoms with Crippen molar-refractivity contribution < 1.29 is 61.0 Å². The molecule has 8 N–H and O–H groups in total. The maximum Gasteiger partial charge on any atom is 0.472 e. The van der Waals surface area contributed by atoms with E-state index in [1.807, 2.05) is 0 Å². The van der Waals surface area contributed by atoms with Crippen molar-refractivity contribution in [2.75, 3.05) is 39.5 Å². The molecular weight excluding hydrogens is 654 g/mol. The fraction of sp³-hybridized carbons (Fsp3) is 0.800. The van der Waals surface area contributed by atoms with Gasteiger partial charge >= 0.3 is 21.7 Å². The van der Waals surface area contributed by atoms with Crippen molar-refractivity contribution in [1.82, 2.24) is 31.9 Å². The summed E-state index contributed by atoms with van der Waals surface area (Å²) in [6.07, 6.45) is 1.64.